The minimum absolute atomic E-state index is 0.376. The van der Waals surface area contributed by atoms with Crippen LogP contribution < -0.4 is 10.6 Å². The summed E-state index contributed by atoms with van der Waals surface area (Å²) in [6.07, 6.45) is 3.43. The Balaban J connectivity index is 1.99. The van der Waals surface area contributed by atoms with Crippen molar-refractivity contribution in [3.63, 3.8) is 0 Å². The summed E-state index contributed by atoms with van der Waals surface area (Å²) in [7, 11) is -3.18. The Labute approximate surface area is 154 Å². The van der Waals surface area contributed by atoms with Gasteiger partial charge in [-0.05, 0) is 42.3 Å². The van der Waals surface area contributed by atoms with E-state index in [0.717, 1.165) is 11.1 Å². The Morgan fingerprint density at radius 3 is 2.19 bits per heavy atom. The predicted octanol–water partition coefficient (Wildman–Crippen LogP) is 4.51. The van der Waals surface area contributed by atoms with Crippen molar-refractivity contribution in [2.75, 3.05) is 6.61 Å². The molecule has 0 saturated carbocycles. The van der Waals surface area contributed by atoms with E-state index in [4.69, 9.17) is 4.52 Å². The largest absolute Gasteiger partial charge is 0.324 e. The molecule has 2 aromatic carbocycles. The van der Waals surface area contributed by atoms with Gasteiger partial charge < -0.3 is 4.52 Å². The van der Waals surface area contributed by atoms with Gasteiger partial charge in [0.1, 0.15) is 5.78 Å². The molecule has 2 atom stereocenters. The highest BCUT2D eigenvalue weighted by Crippen LogP contribution is 2.57. The molecule has 26 heavy (non-hydrogen) atoms. The normalized spacial score (nSPS) is 14.5. The molecule has 0 fully saturated rings. The number of nitrogens with zero attached hydrogens (tertiary/aromatic N) is 1. The van der Waals surface area contributed by atoms with Crippen LogP contribution in [0.5, 0.6) is 0 Å². The lowest BCUT2D eigenvalue weighted by Gasteiger charge is -2.29. The molecule has 0 bridgehead atoms. The second kappa shape index (κ2) is 8.91. The lowest BCUT2D eigenvalue weighted by molar-refractivity contribution is 0.327. The smallest absolute Gasteiger partial charge is 0.252 e. The van der Waals surface area contributed by atoms with Gasteiger partial charge in [0.15, 0.2) is 0 Å². The van der Waals surface area contributed by atoms with E-state index in [-0.39, 0.29) is 0 Å². The fourth-order valence-electron chi connectivity index (χ4n) is 2.92. The summed E-state index contributed by atoms with van der Waals surface area (Å²) in [5.74, 6) is -0.451. The maximum atomic E-state index is 14.0. The van der Waals surface area contributed by atoms with Crippen molar-refractivity contribution in [2.45, 2.75) is 19.3 Å². The first-order valence-electron chi connectivity index (χ1n) is 8.71. The molecule has 4 nitrogen and oxygen atoms in total. The Bertz CT molecular complexity index is 842. The molecule has 3 aromatic rings. The minimum Gasteiger partial charge on any atom is -0.324 e. The van der Waals surface area contributed by atoms with Crippen LogP contribution in [0.15, 0.2) is 85.2 Å². The van der Waals surface area contributed by atoms with Crippen molar-refractivity contribution in [3.8, 4) is 0 Å². The molecule has 0 aliphatic carbocycles. The second-order valence-electron chi connectivity index (χ2n) is 5.90. The van der Waals surface area contributed by atoms with Gasteiger partial charge in [-0.2, -0.15) is 0 Å². The number of hydrogen-bond donors (Lipinski definition) is 1. The summed E-state index contributed by atoms with van der Waals surface area (Å²) >= 11 is 0. The van der Waals surface area contributed by atoms with Crippen LogP contribution >= 0.6 is 7.37 Å². The third kappa shape index (κ3) is 4.28. The zero-order valence-corrected chi connectivity index (χ0v) is 15.7. The van der Waals surface area contributed by atoms with Gasteiger partial charge >= 0.3 is 0 Å². The zero-order valence-electron chi connectivity index (χ0n) is 14.8. The molecule has 2 unspecified atom stereocenters. The number of pyridine rings is 1. The molecule has 3 rings (SSSR count). The van der Waals surface area contributed by atoms with Crippen molar-refractivity contribution in [1.29, 1.82) is 0 Å². The number of aromatic nitrogens is 1. The first kappa shape index (κ1) is 18.5. The molecule has 1 N–H and O–H groups in total. The lowest BCUT2D eigenvalue weighted by Crippen LogP contribution is -2.26. The highest BCUT2D eigenvalue weighted by molar-refractivity contribution is 7.67. The topological polar surface area (TPSA) is 51.2 Å². The summed E-state index contributed by atoms with van der Waals surface area (Å²) in [5, 5.41) is 4.17. The minimum atomic E-state index is -3.18. The predicted molar refractivity (Wildman–Crippen MR) is 106 cm³/mol. The molecule has 0 spiro atoms. The van der Waals surface area contributed by atoms with Crippen LogP contribution in [0.2, 0.25) is 0 Å². The average Bonchev–Trinajstić information content (AvgIpc) is 2.70. The van der Waals surface area contributed by atoms with E-state index < -0.39 is 13.2 Å². The summed E-state index contributed by atoms with van der Waals surface area (Å²) in [4.78, 5) is 4.09. The van der Waals surface area contributed by atoms with Crippen LogP contribution in [0, 0.1) is 0 Å². The van der Waals surface area contributed by atoms with Crippen LogP contribution in [-0.4, -0.2) is 11.6 Å². The highest BCUT2D eigenvalue weighted by atomic mass is 31.2. The molecule has 0 radical (unpaired) electrons. The molecular formula is C21H23N2O2P. The monoisotopic (exact) mass is 366 g/mol. The number of rotatable bonds is 8. The van der Waals surface area contributed by atoms with Crippen LogP contribution in [0.1, 0.15) is 23.8 Å². The van der Waals surface area contributed by atoms with E-state index in [1.165, 1.54) is 0 Å². The number of benzene rings is 2. The SMILES string of the molecule is CCOP(=O)(c1ccccc1)C(NCc1ccccc1)c1ccncc1. The van der Waals surface area contributed by atoms with Crippen LogP contribution in [0.3, 0.4) is 0 Å². The van der Waals surface area contributed by atoms with Gasteiger partial charge in [-0.3, -0.25) is 14.9 Å². The zero-order chi connectivity index (χ0) is 18.2. The molecule has 0 aliphatic heterocycles. The third-order valence-corrected chi connectivity index (χ3v) is 6.96. The second-order valence-corrected chi connectivity index (χ2v) is 8.38. The summed E-state index contributed by atoms with van der Waals surface area (Å²) in [6.45, 7) is 2.84. The maximum absolute atomic E-state index is 14.0. The first-order valence-corrected chi connectivity index (χ1v) is 10.4. The van der Waals surface area contributed by atoms with Gasteiger partial charge in [0.05, 0.1) is 6.61 Å². The van der Waals surface area contributed by atoms with Gasteiger partial charge in [-0.25, -0.2) is 0 Å². The van der Waals surface area contributed by atoms with E-state index in [9.17, 15) is 4.57 Å². The molecule has 134 valence electrons. The molecule has 5 heteroatoms. The summed E-state index contributed by atoms with van der Waals surface area (Å²) in [6, 6.07) is 23.3. The Kier molecular flexibility index (Phi) is 6.35. The van der Waals surface area contributed by atoms with Crippen molar-refractivity contribution in [3.05, 3.63) is 96.3 Å². The number of nitrogens with one attached hydrogen (secondary N) is 1. The van der Waals surface area contributed by atoms with Crippen LogP contribution in [0.25, 0.3) is 0 Å². The molecule has 0 amide bonds. The maximum Gasteiger partial charge on any atom is 0.252 e. The van der Waals surface area contributed by atoms with E-state index in [2.05, 4.69) is 10.3 Å². The first-order chi connectivity index (χ1) is 12.7. The van der Waals surface area contributed by atoms with Crippen molar-refractivity contribution in [2.24, 2.45) is 0 Å². The van der Waals surface area contributed by atoms with Crippen molar-refractivity contribution < 1.29 is 9.09 Å². The van der Waals surface area contributed by atoms with Gasteiger partial charge in [0, 0.05) is 24.2 Å². The Hall–Kier alpha value is -2.26. The molecular weight excluding hydrogens is 343 g/mol. The Morgan fingerprint density at radius 1 is 0.962 bits per heavy atom. The fourth-order valence-corrected chi connectivity index (χ4v) is 5.38. The van der Waals surface area contributed by atoms with Gasteiger partial charge in [0.2, 0.25) is 0 Å². The van der Waals surface area contributed by atoms with Crippen LogP contribution in [-0.2, 0) is 15.6 Å². The molecule has 0 aliphatic rings. The average molecular weight is 366 g/mol. The standard InChI is InChI=1S/C21H23N2O2P/c1-2-25-26(24,20-11-7-4-8-12-20)21(19-13-15-22-16-14-19)23-17-18-9-5-3-6-10-18/h3-16,21,23H,2,17H2,1H3. The highest BCUT2D eigenvalue weighted by Gasteiger charge is 2.37. The van der Waals surface area contributed by atoms with E-state index in [0.29, 0.717) is 18.5 Å². The van der Waals surface area contributed by atoms with E-state index in [1.807, 2.05) is 79.7 Å². The number of hydrogen-bond acceptors (Lipinski definition) is 4. The molecule has 1 aromatic heterocycles. The summed E-state index contributed by atoms with van der Waals surface area (Å²) in [5.41, 5.74) is 2.03. The molecule has 1 heterocycles. The van der Waals surface area contributed by atoms with Gasteiger partial charge in [-0.15, -0.1) is 0 Å². The Morgan fingerprint density at radius 2 is 1.58 bits per heavy atom. The van der Waals surface area contributed by atoms with Gasteiger partial charge in [0.25, 0.3) is 7.37 Å². The molecule has 0 saturated heterocycles. The fraction of sp³-hybridized carbons (Fsp3) is 0.190. The third-order valence-electron chi connectivity index (χ3n) is 4.14. The lowest BCUT2D eigenvalue weighted by atomic mass is 10.2. The van der Waals surface area contributed by atoms with Crippen LogP contribution in [0.4, 0.5) is 0 Å². The van der Waals surface area contributed by atoms with E-state index in [1.54, 1.807) is 12.4 Å². The van der Waals surface area contributed by atoms with Crippen molar-refractivity contribution in [1.82, 2.24) is 10.3 Å². The van der Waals surface area contributed by atoms with Crippen molar-refractivity contribution >= 4 is 12.7 Å². The van der Waals surface area contributed by atoms with E-state index >= 15 is 0 Å². The quantitative estimate of drug-likeness (QED) is 0.596. The van der Waals surface area contributed by atoms with Gasteiger partial charge in [-0.1, -0.05) is 48.5 Å². The summed E-state index contributed by atoms with van der Waals surface area (Å²) < 4.78 is 19.9.